The van der Waals surface area contributed by atoms with Crippen LogP contribution >= 0.6 is 12.2 Å². The first kappa shape index (κ1) is 11.6. The van der Waals surface area contributed by atoms with Gasteiger partial charge in [0.2, 0.25) is 10.0 Å². The van der Waals surface area contributed by atoms with E-state index < -0.39 is 10.0 Å². The molecule has 0 fully saturated rings. The molecule has 0 aromatic carbocycles. The van der Waals surface area contributed by atoms with Gasteiger partial charge in [-0.05, 0) is 12.2 Å². The minimum absolute atomic E-state index is 0.278. The number of rotatable bonds is 4. The van der Waals surface area contributed by atoms with Crippen LogP contribution in [0, 0.1) is 0 Å². The second kappa shape index (κ2) is 5.25. The van der Waals surface area contributed by atoms with Crippen LogP contribution in [0.15, 0.2) is 0 Å². The summed E-state index contributed by atoms with van der Waals surface area (Å²) in [7, 11) is -3.11. The Morgan fingerprint density at radius 2 is 2.08 bits per heavy atom. The number of hydrogen-bond donors (Lipinski definition) is 4. The molecule has 0 aliphatic rings. The Hall–Kier alpha value is -0.440. The van der Waals surface area contributed by atoms with Crippen molar-refractivity contribution in [2.75, 3.05) is 19.3 Å². The molecule has 0 rings (SSSR count). The third kappa shape index (κ3) is 7.66. The molecule has 72 valence electrons. The highest BCUT2D eigenvalue weighted by atomic mass is 32.2. The molecule has 0 amide bonds. The van der Waals surface area contributed by atoms with Crippen molar-refractivity contribution in [3.63, 3.8) is 0 Å². The van der Waals surface area contributed by atoms with Crippen LogP contribution in [0.3, 0.4) is 0 Å². The Kier molecular flexibility index (Phi) is 5.06. The van der Waals surface area contributed by atoms with Crippen molar-refractivity contribution in [2.24, 2.45) is 5.84 Å². The number of sulfonamides is 1. The van der Waals surface area contributed by atoms with Crippen LogP contribution in [0.5, 0.6) is 0 Å². The summed E-state index contributed by atoms with van der Waals surface area (Å²) in [6, 6.07) is 0. The average molecular weight is 212 g/mol. The number of nitrogens with two attached hydrogens (primary N) is 1. The lowest BCUT2D eigenvalue weighted by atomic mass is 10.6. The number of nitrogens with one attached hydrogen (secondary N) is 3. The Labute approximate surface area is 76.9 Å². The molecule has 0 aliphatic heterocycles. The quantitative estimate of drug-likeness (QED) is 0.184. The number of hydrazine groups is 1. The zero-order valence-corrected chi connectivity index (χ0v) is 8.26. The maximum absolute atomic E-state index is 10.5. The monoisotopic (exact) mass is 212 g/mol. The summed E-state index contributed by atoms with van der Waals surface area (Å²) in [5, 5.41) is 2.96. The van der Waals surface area contributed by atoms with E-state index in [2.05, 4.69) is 27.7 Å². The molecule has 0 heterocycles. The Balaban J connectivity index is 3.40. The molecule has 0 spiro atoms. The van der Waals surface area contributed by atoms with Crippen molar-refractivity contribution in [3.8, 4) is 0 Å². The fourth-order valence-corrected chi connectivity index (χ4v) is 1.04. The van der Waals surface area contributed by atoms with Gasteiger partial charge in [-0.2, -0.15) is 0 Å². The fourth-order valence-electron chi connectivity index (χ4n) is 0.463. The lowest BCUT2D eigenvalue weighted by Crippen LogP contribution is -2.42. The summed E-state index contributed by atoms with van der Waals surface area (Å²) in [5.74, 6) is 4.95. The largest absolute Gasteiger partial charge is 0.360 e. The van der Waals surface area contributed by atoms with Crippen molar-refractivity contribution in [3.05, 3.63) is 0 Å². The van der Waals surface area contributed by atoms with Crippen LogP contribution < -0.4 is 21.3 Å². The SMILES string of the molecule is CS(=O)(=O)NCCNC(=S)NN. The van der Waals surface area contributed by atoms with Gasteiger partial charge in [0.25, 0.3) is 0 Å². The zero-order valence-electron chi connectivity index (χ0n) is 6.62. The van der Waals surface area contributed by atoms with Crippen molar-refractivity contribution in [2.45, 2.75) is 0 Å². The van der Waals surface area contributed by atoms with Gasteiger partial charge in [-0.1, -0.05) is 0 Å². The first-order valence-electron chi connectivity index (χ1n) is 3.15. The predicted molar refractivity (Wildman–Crippen MR) is 50.8 cm³/mol. The van der Waals surface area contributed by atoms with E-state index in [4.69, 9.17) is 5.84 Å². The van der Waals surface area contributed by atoms with Gasteiger partial charge in [0.05, 0.1) is 6.26 Å². The van der Waals surface area contributed by atoms with Crippen molar-refractivity contribution in [1.29, 1.82) is 0 Å². The molecule has 8 heteroatoms. The molecule has 5 N–H and O–H groups in total. The third-order valence-corrected chi connectivity index (χ3v) is 1.90. The van der Waals surface area contributed by atoms with Gasteiger partial charge in [0.1, 0.15) is 0 Å². The second-order valence-corrected chi connectivity index (χ2v) is 4.31. The zero-order chi connectivity index (χ0) is 9.61. The lowest BCUT2D eigenvalue weighted by Gasteiger charge is -2.06. The van der Waals surface area contributed by atoms with Crippen LogP contribution in [0.2, 0.25) is 0 Å². The molecule has 0 bridgehead atoms. The molecule has 0 saturated heterocycles. The van der Waals surface area contributed by atoms with E-state index in [0.717, 1.165) is 6.26 Å². The standard InChI is InChI=1S/C4H12N4O2S2/c1-12(9,10)7-3-2-6-4(11)8-5/h7H,2-3,5H2,1H3,(H2,6,8,11). The average Bonchev–Trinajstić information content (AvgIpc) is 1.96. The van der Waals surface area contributed by atoms with Gasteiger partial charge in [0, 0.05) is 13.1 Å². The summed E-state index contributed by atoms with van der Waals surface area (Å²) in [6.07, 6.45) is 1.09. The van der Waals surface area contributed by atoms with Crippen LogP contribution in [-0.2, 0) is 10.0 Å². The molecule has 6 nitrogen and oxygen atoms in total. The van der Waals surface area contributed by atoms with Gasteiger partial charge in [-0.15, -0.1) is 0 Å². The molecule has 0 aromatic rings. The molecule has 0 saturated carbocycles. The summed E-state index contributed by atoms with van der Waals surface area (Å²) in [5.41, 5.74) is 2.21. The fraction of sp³-hybridized carbons (Fsp3) is 0.750. The van der Waals surface area contributed by atoms with E-state index in [9.17, 15) is 8.42 Å². The highest BCUT2D eigenvalue weighted by molar-refractivity contribution is 7.88. The molecule has 12 heavy (non-hydrogen) atoms. The highest BCUT2D eigenvalue weighted by Crippen LogP contribution is 1.70. The Morgan fingerprint density at radius 1 is 1.50 bits per heavy atom. The van der Waals surface area contributed by atoms with E-state index in [1.54, 1.807) is 0 Å². The molecule has 0 radical (unpaired) electrons. The van der Waals surface area contributed by atoms with E-state index >= 15 is 0 Å². The summed E-state index contributed by atoms with van der Waals surface area (Å²) >= 11 is 4.64. The minimum Gasteiger partial charge on any atom is -0.360 e. The van der Waals surface area contributed by atoms with E-state index in [1.165, 1.54) is 0 Å². The molecule has 0 unspecified atom stereocenters. The molecule has 0 atom stereocenters. The minimum atomic E-state index is -3.11. The van der Waals surface area contributed by atoms with Gasteiger partial charge in [-0.3, -0.25) is 0 Å². The number of thiocarbonyl (C=S) groups is 1. The van der Waals surface area contributed by atoms with Crippen molar-refractivity contribution < 1.29 is 8.42 Å². The first-order chi connectivity index (χ1) is 5.45. The summed E-state index contributed by atoms with van der Waals surface area (Å²) in [6.45, 7) is 0.677. The van der Waals surface area contributed by atoms with Gasteiger partial charge < -0.3 is 10.7 Å². The normalized spacial score (nSPS) is 10.8. The predicted octanol–water partition coefficient (Wildman–Crippen LogP) is -2.13. The van der Waals surface area contributed by atoms with Gasteiger partial charge in [0.15, 0.2) is 5.11 Å². The van der Waals surface area contributed by atoms with Crippen LogP contribution in [-0.4, -0.2) is 32.9 Å². The van der Waals surface area contributed by atoms with E-state index in [0.29, 0.717) is 6.54 Å². The third-order valence-electron chi connectivity index (χ3n) is 0.906. The molecular formula is C4H12N4O2S2. The smallest absolute Gasteiger partial charge is 0.208 e. The lowest BCUT2D eigenvalue weighted by molar-refractivity contribution is 0.587. The van der Waals surface area contributed by atoms with Crippen molar-refractivity contribution in [1.82, 2.24) is 15.5 Å². The Bertz CT molecular complexity index is 237. The molecular weight excluding hydrogens is 200 g/mol. The van der Waals surface area contributed by atoms with Gasteiger partial charge in [-0.25, -0.2) is 19.0 Å². The molecule has 0 aromatic heterocycles. The maximum Gasteiger partial charge on any atom is 0.208 e. The summed E-state index contributed by atoms with van der Waals surface area (Å²) < 4.78 is 23.3. The van der Waals surface area contributed by atoms with Crippen LogP contribution in [0.4, 0.5) is 0 Å². The van der Waals surface area contributed by atoms with Crippen LogP contribution in [0.25, 0.3) is 0 Å². The van der Waals surface area contributed by atoms with E-state index in [1.807, 2.05) is 0 Å². The molecule has 0 aliphatic carbocycles. The second-order valence-electron chi connectivity index (χ2n) is 2.07. The first-order valence-corrected chi connectivity index (χ1v) is 5.45. The summed E-state index contributed by atoms with van der Waals surface area (Å²) in [4.78, 5) is 0. The highest BCUT2D eigenvalue weighted by Gasteiger charge is 1.98. The van der Waals surface area contributed by atoms with Crippen LogP contribution in [0.1, 0.15) is 0 Å². The van der Waals surface area contributed by atoms with Crippen molar-refractivity contribution >= 4 is 27.4 Å². The van der Waals surface area contributed by atoms with Gasteiger partial charge >= 0.3 is 0 Å². The van der Waals surface area contributed by atoms with E-state index in [-0.39, 0.29) is 11.7 Å². The maximum atomic E-state index is 10.5. The number of hydrogen-bond acceptors (Lipinski definition) is 4. The Morgan fingerprint density at radius 3 is 2.50 bits per heavy atom. The topological polar surface area (TPSA) is 96.2 Å².